The molecule has 1 aliphatic carbocycles. The summed E-state index contributed by atoms with van der Waals surface area (Å²) in [4.78, 5) is 5.23. The molecule has 3 heteroatoms. The molecule has 0 fully saturated rings. The third kappa shape index (κ3) is 2.72. The molecule has 2 unspecified atom stereocenters. The van der Waals surface area contributed by atoms with E-state index in [1.807, 2.05) is 13.1 Å². The van der Waals surface area contributed by atoms with Crippen molar-refractivity contribution in [2.75, 3.05) is 0 Å². The quantitative estimate of drug-likeness (QED) is 0.917. The number of benzene rings is 1. The third-order valence-corrected chi connectivity index (χ3v) is 4.98. The van der Waals surface area contributed by atoms with Crippen molar-refractivity contribution in [3.8, 4) is 0 Å². The maximum atomic E-state index is 10.4. The first-order valence-electron chi connectivity index (χ1n) is 6.92. The average molecular weight is 273 g/mol. The molecule has 1 aliphatic rings. The van der Waals surface area contributed by atoms with Crippen LogP contribution in [0.1, 0.15) is 52.3 Å². The molecule has 100 valence electrons. The van der Waals surface area contributed by atoms with Crippen LogP contribution < -0.4 is 0 Å². The van der Waals surface area contributed by atoms with Gasteiger partial charge in [0.15, 0.2) is 0 Å². The van der Waals surface area contributed by atoms with Gasteiger partial charge in [0.1, 0.15) is 0 Å². The van der Waals surface area contributed by atoms with E-state index in [1.54, 1.807) is 11.3 Å². The maximum absolute atomic E-state index is 10.4. The molecular weight excluding hydrogens is 254 g/mol. The minimum Gasteiger partial charge on any atom is -0.387 e. The zero-order valence-electron chi connectivity index (χ0n) is 11.2. The summed E-state index contributed by atoms with van der Waals surface area (Å²) in [6, 6.07) is 8.68. The second-order valence-corrected chi connectivity index (χ2v) is 6.59. The van der Waals surface area contributed by atoms with Gasteiger partial charge in [-0.25, -0.2) is 4.98 Å². The predicted molar refractivity (Wildman–Crippen MR) is 78.5 cm³/mol. The van der Waals surface area contributed by atoms with Gasteiger partial charge in [-0.1, -0.05) is 24.3 Å². The Morgan fingerprint density at radius 1 is 1.42 bits per heavy atom. The molecule has 0 saturated carbocycles. The fourth-order valence-corrected chi connectivity index (χ4v) is 3.80. The van der Waals surface area contributed by atoms with Crippen molar-refractivity contribution < 1.29 is 5.11 Å². The highest BCUT2D eigenvalue weighted by atomic mass is 32.1. The Labute approximate surface area is 118 Å². The first-order chi connectivity index (χ1) is 9.24. The van der Waals surface area contributed by atoms with Crippen molar-refractivity contribution in [3.63, 3.8) is 0 Å². The molecule has 0 saturated heterocycles. The van der Waals surface area contributed by atoms with Crippen LogP contribution in [0.15, 0.2) is 30.5 Å². The summed E-state index contributed by atoms with van der Waals surface area (Å²) in [7, 11) is 0. The molecule has 0 bridgehead atoms. The molecule has 19 heavy (non-hydrogen) atoms. The van der Waals surface area contributed by atoms with Gasteiger partial charge < -0.3 is 5.11 Å². The van der Waals surface area contributed by atoms with Gasteiger partial charge in [0.2, 0.25) is 0 Å². The average Bonchev–Trinajstić information content (AvgIpc) is 2.86. The molecule has 0 radical (unpaired) electrons. The highest BCUT2D eigenvalue weighted by molar-refractivity contribution is 7.11. The van der Waals surface area contributed by atoms with Crippen molar-refractivity contribution in [2.45, 2.75) is 44.6 Å². The van der Waals surface area contributed by atoms with E-state index in [9.17, 15) is 5.11 Å². The van der Waals surface area contributed by atoms with Crippen LogP contribution in [0.2, 0.25) is 0 Å². The molecule has 1 heterocycles. The number of rotatable bonds is 3. The van der Waals surface area contributed by atoms with Gasteiger partial charge in [0.05, 0.1) is 16.0 Å². The maximum Gasteiger partial charge on any atom is 0.0903 e. The molecule has 0 aliphatic heterocycles. The molecule has 0 amide bonds. The van der Waals surface area contributed by atoms with Crippen LogP contribution in [0.25, 0.3) is 0 Å². The molecule has 3 rings (SSSR count). The van der Waals surface area contributed by atoms with Gasteiger partial charge in [0.25, 0.3) is 0 Å². The number of fused-ring (bicyclic) bond motifs is 1. The van der Waals surface area contributed by atoms with Crippen LogP contribution in [0.5, 0.6) is 0 Å². The molecule has 2 aromatic rings. The summed E-state index contributed by atoms with van der Waals surface area (Å²) in [5, 5.41) is 11.4. The van der Waals surface area contributed by atoms with E-state index in [2.05, 4.69) is 29.2 Å². The Morgan fingerprint density at radius 2 is 2.26 bits per heavy atom. The van der Waals surface area contributed by atoms with E-state index in [1.165, 1.54) is 30.4 Å². The van der Waals surface area contributed by atoms with Crippen LogP contribution >= 0.6 is 11.3 Å². The van der Waals surface area contributed by atoms with Gasteiger partial charge in [0, 0.05) is 6.20 Å². The van der Waals surface area contributed by atoms with Crippen LogP contribution in [0.3, 0.4) is 0 Å². The van der Waals surface area contributed by atoms with E-state index < -0.39 is 0 Å². The van der Waals surface area contributed by atoms with Gasteiger partial charge in [-0.2, -0.15) is 0 Å². The first-order valence-corrected chi connectivity index (χ1v) is 7.74. The number of aliphatic hydroxyl groups excluding tert-OH is 1. The van der Waals surface area contributed by atoms with Crippen LogP contribution in [-0.4, -0.2) is 10.1 Å². The third-order valence-electron chi connectivity index (χ3n) is 3.97. The van der Waals surface area contributed by atoms with E-state index in [0.717, 1.165) is 16.3 Å². The Hall–Kier alpha value is -1.19. The minimum atomic E-state index is -0.373. The summed E-state index contributed by atoms with van der Waals surface area (Å²) in [5.74, 6) is 0.488. The predicted octanol–water partition coefficient (Wildman–Crippen LogP) is 4.00. The Morgan fingerprint density at radius 3 is 3.05 bits per heavy atom. The van der Waals surface area contributed by atoms with Crippen molar-refractivity contribution in [1.82, 2.24) is 4.98 Å². The summed E-state index contributed by atoms with van der Waals surface area (Å²) in [6.45, 7) is 1.98. The largest absolute Gasteiger partial charge is 0.387 e. The van der Waals surface area contributed by atoms with Gasteiger partial charge in [-0.05, 0) is 49.7 Å². The summed E-state index contributed by atoms with van der Waals surface area (Å²) >= 11 is 1.60. The molecule has 0 spiro atoms. The van der Waals surface area contributed by atoms with Gasteiger partial charge in [-0.15, -0.1) is 11.3 Å². The van der Waals surface area contributed by atoms with Crippen LogP contribution in [0, 0.1) is 6.92 Å². The SMILES string of the molecule is Cc1ncc(C(O)CC2CCCc3ccccc32)s1. The van der Waals surface area contributed by atoms with Crippen molar-refractivity contribution in [3.05, 3.63) is 51.5 Å². The lowest BCUT2D eigenvalue weighted by Crippen LogP contribution is -2.12. The fourth-order valence-electron chi connectivity index (χ4n) is 3.02. The first kappa shape index (κ1) is 12.8. The van der Waals surface area contributed by atoms with E-state index in [0.29, 0.717) is 5.92 Å². The van der Waals surface area contributed by atoms with Crippen molar-refractivity contribution in [2.24, 2.45) is 0 Å². The zero-order chi connectivity index (χ0) is 13.2. The van der Waals surface area contributed by atoms with E-state index in [4.69, 9.17) is 0 Å². The molecule has 1 aromatic heterocycles. The highest BCUT2D eigenvalue weighted by Gasteiger charge is 2.23. The van der Waals surface area contributed by atoms with Crippen molar-refractivity contribution >= 4 is 11.3 Å². The number of nitrogens with zero attached hydrogens (tertiary/aromatic N) is 1. The van der Waals surface area contributed by atoms with Crippen LogP contribution in [-0.2, 0) is 6.42 Å². The number of aromatic nitrogens is 1. The van der Waals surface area contributed by atoms with Gasteiger partial charge in [-0.3, -0.25) is 0 Å². The lowest BCUT2D eigenvalue weighted by atomic mass is 9.80. The summed E-state index contributed by atoms with van der Waals surface area (Å²) < 4.78 is 0. The Kier molecular flexibility index (Phi) is 3.67. The number of hydrogen-bond donors (Lipinski definition) is 1. The number of aryl methyl sites for hydroxylation is 2. The van der Waals surface area contributed by atoms with E-state index in [-0.39, 0.29) is 6.10 Å². The normalized spacial score (nSPS) is 20.0. The Balaban J connectivity index is 1.77. The summed E-state index contributed by atoms with van der Waals surface area (Å²) in [6.07, 6.45) is 5.87. The molecule has 1 N–H and O–H groups in total. The zero-order valence-corrected chi connectivity index (χ0v) is 12.0. The summed E-state index contributed by atoms with van der Waals surface area (Å²) in [5.41, 5.74) is 2.90. The second-order valence-electron chi connectivity index (χ2n) is 5.32. The molecular formula is C16H19NOS. The van der Waals surface area contributed by atoms with Gasteiger partial charge >= 0.3 is 0 Å². The Bertz CT molecular complexity index is 563. The monoisotopic (exact) mass is 273 g/mol. The van der Waals surface area contributed by atoms with Crippen molar-refractivity contribution in [1.29, 1.82) is 0 Å². The van der Waals surface area contributed by atoms with Crippen LogP contribution in [0.4, 0.5) is 0 Å². The number of aliphatic hydroxyl groups is 1. The lowest BCUT2D eigenvalue weighted by molar-refractivity contribution is 0.157. The minimum absolute atomic E-state index is 0.373. The second kappa shape index (κ2) is 5.43. The topological polar surface area (TPSA) is 33.1 Å². The number of hydrogen-bond acceptors (Lipinski definition) is 3. The molecule has 2 nitrogen and oxygen atoms in total. The number of thiazole rings is 1. The lowest BCUT2D eigenvalue weighted by Gasteiger charge is -2.26. The highest BCUT2D eigenvalue weighted by Crippen LogP contribution is 2.38. The molecule has 2 atom stereocenters. The van der Waals surface area contributed by atoms with E-state index >= 15 is 0 Å². The standard InChI is InChI=1S/C16H19NOS/c1-11-17-10-16(19-11)15(18)9-13-7-4-6-12-5-2-3-8-14(12)13/h2-3,5,8,10,13,15,18H,4,6-7,9H2,1H3. The fraction of sp³-hybridized carbons (Fsp3) is 0.438. The molecule has 1 aromatic carbocycles. The smallest absolute Gasteiger partial charge is 0.0903 e.